The largest absolute Gasteiger partial charge is 0.355 e. The van der Waals surface area contributed by atoms with Gasteiger partial charge < -0.3 is 14.8 Å². The fraction of sp³-hybridized carbons (Fsp3) is 0.800. The summed E-state index contributed by atoms with van der Waals surface area (Å²) >= 11 is 0. The molecule has 1 saturated heterocycles. The third-order valence-electron chi connectivity index (χ3n) is 3.84. The summed E-state index contributed by atoms with van der Waals surface area (Å²) < 4.78 is 2.36. The second-order valence-electron chi connectivity index (χ2n) is 6.08. The molecule has 1 aliphatic rings. The van der Waals surface area contributed by atoms with Crippen LogP contribution in [0.4, 0.5) is 5.95 Å². The summed E-state index contributed by atoms with van der Waals surface area (Å²) in [5.74, 6) is 1.69. The zero-order valence-corrected chi connectivity index (χ0v) is 12.8. The number of imidazole rings is 1. The molecule has 4 heteroatoms. The third-order valence-corrected chi connectivity index (χ3v) is 3.84. The number of likely N-dealkylation sites (N-methyl/N-ethyl adjacent to an activating group) is 1. The van der Waals surface area contributed by atoms with Gasteiger partial charge in [0, 0.05) is 25.3 Å². The van der Waals surface area contributed by atoms with Crippen LogP contribution in [0.15, 0.2) is 6.20 Å². The van der Waals surface area contributed by atoms with Gasteiger partial charge in [-0.05, 0) is 38.8 Å². The molecule has 1 atom stereocenters. The van der Waals surface area contributed by atoms with Crippen LogP contribution in [-0.4, -0.2) is 40.6 Å². The second-order valence-corrected chi connectivity index (χ2v) is 6.08. The van der Waals surface area contributed by atoms with Crippen LogP contribution < -0.4 is 5.32 Å². The first-order valence-corrected chi connectivity index (χ1v) is 7.61. The molecule has 2 heterocycles. The maximum atomic E-state index is 4.64. The number of nitrogens with one attached hydrogen (secondary N) is 1. The van der Waals surface area contributed by atoms with Gasteiger partial charge in [-0.2, -0.15) is 0 Å². The number of aryl methyl sites for hydroxylation is 1. The summed E-state index contributed by atoms with van der Waals surface area (Å²) in [5, 5.41) is 3.50. The van der Waals surface area contributed by atoms with E-state index in [1.54, 1.807) is 0 Å². The van der Waals surface area contributed by atoms with E-state index < -0.39 is 0 Å². The molecule has 1 unspecified atom stereocenters. The molecule has 1 aromatic rings. The van der Waals surface area contributed by atoms with Crippen molar-refractivity contribution in [3.63, 3.8) is 0 Å². The molecule has 19 heavy (non-hydrogen) atoms. The van der Waals surface area contributed by atoms with Gasteiger partial charge in [0.05, 0.1) is 5.69 Å². The maximum Gasteiger partial charge on any atom is 0.203 e. The highest BCUT2D eigenvalue weighted by molar-refractivity contribution is 5.29. The zero-order chi connectivity index (χ0) is 13.8. The lowest BCUT2D eigenvalue weighted by atomic mass is 10.1. The Kier molecular flexibility index (Phi) is 4.86. The fourth-order valence-electron chi connectivity index (χ4n) is 2.77. The van der Waals surface area contributed by atoms with Crippen molar-refractivity contribution in [2.24, 2.45) is 5.92 Å². The van der Waals surface area contributed by atoms with Crippen molar-refractivity contribution >= 4 is 5.95 Å². The van der Waals surface area contributed by atoms with Gasteiger partial charge in [-0.25, -0.2) is 4.98 Å². The average molecular weight is 264 g/mol. The van der Waals surface area contributed by atoms with Gasteiger partial charge in [0.1, 0.15) is 0 Å². The topological polar surface area (TPSA) is 33.1 Å². The highest BCUT2D eigenvalue weighted by atomic mass is 15.3. The molecule has 0 aromatic carbocycles. The first-order valence-electron chi connectivity index (χ1n) is 7.61. The van der Waals surface area contributed by atoms with Crippen LogP contribution in [0.1, 0.15) is 45.3 Å². The van der Waals surface area contributed by atoms with E-state index in [0.29, 0.717) is 12.0 Å². The van der Waals surface area contributed by atoms with Crippen molar-refractivity contribution in [3.8, 4) is 0 Å². The van der Waals surface area contributed by atoms with Crippen LogP contribution in [0, 0.1) is 12.8 Å². The molecule has 0 spiro atoms. The predicted molar refractivity (Wildman–Crippen MR) is 80.7 cm³/mol. The van der Waals surface area contributed by atoms with Crippen molar-refractivity contribution in [3.05, 3.63) is 11.9 Å². The molecule has 1 fully saturated rings. The van der Waals surface area contributed by atoms with E-state index in [9.17, 15) is 0 Å². The highest BCUT2D eigenvalue weighted by Crippen LogP contribution is 2.25. The first-order chi connectivity index (χ1) is 9.10. The Morgan fingerprint density at radius 2 is 2.26 bits per heavy atom. The molecule has 0 saturated carbocycles. The van der Waals surface area contributed by atoms with Gasteiger partial charge >= 0.3 is 0 Å². The lowest BCUT2D eigenvalue weighted by Gasteiger charge is -2.33. The molecule has 1 N–H and O–H groups in total. The molecule has 0 amide bonds. The summed E-state index contributed by atoms with van der Waals surface area (Å²) in [5.41, 5.74) is 1.11. The van der Waals surface area contributed by atoms with Crippen molar-refractivity contribution < 1.29 is 0 Å². The van der Waals surface area contributed by atoms with Gasteiger partial charge in [-0.15, -0.1) is 0 Å². The third kappa shape index (κ3) is 3.72. The molecular weight excluding hydrogens is 236 g/mol. The lowest BCUT2D eigenvalue weighted by molar-refractivity contribution is 0.186. The van der Waals surface area contributed by atoms with Gasteiger partial charge in [0.25, 0.3) is 0 Å². The number of piperidine rings is 1. The average Bonchev–Trinajstić information content (AvgIpc) is 2.77. The minimum absolute atomic E-state index is 0.574. The molecule has 0 aliphatic carbocycles. The van der Waals surface area contributed by atoms with Gasteiger partial charge in [-0.3, -0.25) is 0 Å². The Bertz CT molecular complexity index is 397. The van der Waals surface area contributed by atoms with Crippen LogP contribution >= 0.6 is 0 Å². The van der Waals surface area contributed by atoms with E-state index in [1.165, 1.54) is 19.4 Å². The molecule has 4 nitrogen and oxygen atoms in total. The number of likely N-dealkylation sites (tertiary alicyclic amines) is 1. The predicted octanol–water partition coefficient (Wildman–Crippen LogP) is 2.92. The Labute approximate surface area is 117 Å². The summed E-state index contributed by atoms with van der Waals surface area (Å²) in [6, 6.07) is 0.574. The van der Waals surface area contributed by atoms with Crippen LogP contribution in [0.3, 0.4) is 0 Å². The lowest BCUT2D eigenvalue weighted by Crippen LogP contribution is -2.36. The monoisotopic (exact) mass is 264 g/mol. The number of hydrogen-bond acceptors (Lipinski definition) is 3. The Morgan fingerprint density at radius 3 is 2.95 bits per heavy atom. The number of hydrogen-bond donors (Lipinski definition) is 1. The SMILES string of the molecule is CCN1CCCC(n2cc(C)nc2NCC(C)C)C1. The molecule has 0 radical (unpaired) electrons. The number of nitrogens with zero attached hydrogens (tertiary/aromatic N) is 3. The van der Waals surface area contributed by atoms with Crippen molar-refractivity contribution in [1.29, 1.82) is 0 Å². The molecule has 108 valence electrons. The van der Waals surface area contributed by atoms with E-state index in [2.05, 4.69) is 53.7 Å². The van der Waals surface area contributed by atoms with Gasteiger partial charge in [0.15, 0.2) is 0 Å². The van der Waals surface area contributed by atoms with E-state index in [-0.39, 0.29) is 0 Å². The summed E-state index contributed by atoms with van der Waals surface area (Å²) in [7, 11) is 0. The zero-order valence-electron chi connectivity index (χ0n) is 12.8. The van der Waals surface area contributed by atoms with E-state index in [4.69, 9.17) is 0 Å². The van der Waals surface area contributed by atoms with E-state index in [0.717, 1.165) is 31.3 Å². The summed E-state index contributed by atoms with van der Waals surface area (Å²) in [4.78, 5) is 7.18. The number of anilines is 1. The first kappa shape index (κ1) is 14.4. The quantitative estimate of drug-likeness (QED) is 0.887. The van der Waals surface area contributed by atoms with Crippen LogP contribution in [0.5, 0.6) is 0 Å². The fourth-order valence-corrected chi connectivity index (χ4v) is 2.77. The Hall–Kier alpha value is -1.03. The van der Waals surface area contributed by atoms with Gasteiger partial charge in [-0.1, -0.05) is 20.8 Å². The van der Waals surface area contributed by atoms with E-state index in [1.807, 2.05) is 0 Å². The standard InChI is InChI=1S/C15H28N4/c1-5-18-8-6-7-14(11-18)19-10-13(4)17-15(19)16-9-12(2)3/h10,12,14H,5-9,11H2,1-4H3,(H,16,17). The summed E-state index contributed by atoms with van der Waals surface area (Å²) in [6.07, 6.45) is 4.76. The molecule has 1 aromatic heterocycles. The van der Waals surface area contributed by atoms with Gasteiger partial charge in [0.2, 0.25) is 5.95 Å². The number of aromatic nitrogens is 2. The molecule has 2 rings (SSSR count). The van der Waals surface area contributed by atoms with Crippen LogP contribution in [-0.2, 0) is 0 Å². The Morgan fingerprint density at radius 1 is 1.47 bits per heavy atom. The van der Waals surface area contributed by atoms with Crippen molar-refractivity contribution in [2.75, 3.05) is 31.5 Å². The van der Waals surface area contributed by atoms with Crippen molar-refractivity contribution in [2.45, 2.75) is 46.6 Å². The Balaban J connectivity index is 2.09. The minimum atomic E-state index is 0.574. The second kappa shape index (κ2) is 6.42. The van der Waals surface area contributed by atoms with Crippen LogP contribution in [0.25, 0.3) is 0 Å². The highest BCUT2D eigenvalue weighted by Gasteiger charge is 2.22. The maximum absolute atomic E-state index is 4.64. The van der Waals surface area contributed by atoms with E-state index >= 15 is 0 Å². The smallest absolute Gasteiger partial charge is 0.203 e. The molecule has 0 bridgehead atoms. The van der Waals surface area contributed by atoms with Crippen LogP contribution in [0.2, 0.25) is 0 Å². The molecule has 1 aliphatic heterocycles. The summed E-state index contributed by atoms with van der Waals surface area (Å²) in [6.45, 7) is 13.3. The van der Waals surface area contributed by atoms with Crippen molar-refractivity contribution in [1.82, 2.24) is 14.5 Å². The minimum Gasteiger partial charge on any atom is -0.355 e. The number of rotatable bonds is 5. The normalized spacial score (nSPS) is 21.0. The molecular formula is C15H28N4.